The molecule has 4 rings (SSSR count). The number of ketones is 1. The van der Waals surface area contributed by atoms with E-state index in [9.17, 15) is 18.0 Å². The molecule has 1 aliphatic carbocycles. The first-order valence-electron chi connectivity index (χ1n) is 8.69. The van der Waals surface area contributed by atoms with Gasteiger partial charge in [0, 0.05) is 36.9 Å². The fourth-order valence-corrected chi connectivity index (χ4v) is 3.48. The first-order valence-corrected chi connectivity index (χ1v) is 8.69. The van der Waals surface area contributed by atoms with Crippen LogP contribution in [-0.4, -0.2) is 12.9 Å². The van der Waals surface area contributed by atoms with Crippen LogP contribution in [0.1, 0.15) is 28.4 Å². The first-order chi connectivity index (χ1) is 13.5. The summed E-state index contributed by atoms with van der Waals surface area (Å²) in [6.07, 6.45) is -0.151. The number of rotatable bonds is 3. The van der Waals surface area contributed by atoms with Crippen LogP contribution in [0.3, 0.4) is 0 Å². The van der Waals surface area contributed by atoms with Gasteiger partial charge >= 0.3 is 0 Å². The summed E-state index contributed by atoms with van der Waals surface area (Å²) in [5.74, 6) is -3.38. The van der Waals surface area contributed by atoms with Gasteiger partial charge < -0.3 is 10.1 Å². The largest absolute Gasteiger partial charge is 0.376 e. The predicted molar refractivity (Wildman–Crippen MR) is 100 cm³/mol. The van der Waals surface area contributed by atoms with Crippen molar-refractivity contribution in [3.05, 3.63) is 83.2 Å². The van der Waals surface area contributed by atoms with E-state index in [-0.39, 0.29) is 24.0 Å². The topological polar surface area (TPSA) is 38.3 Å². The smallest absolute Gasteiger partial charge is 0.166 e. The van der Waals surface area contributed by atoms with E-state index in [0.29, 0.717) is 22.9 Å². The lowest BCUT2D eigenvalue weighted by Gasteiger charge is -2.15. The van der Waals surface area contributed by atoms with Crippen LogP contribution in [0.15, 0.2) is 54.6 Å². The number of anilines is 2. The van der Waals surface area contributed by atoms with E-state index in [4.69, 9.17) is 4.74 Å². The maximum atomic E-state index is 14.0. The van der Waals surface area contributed by atoms with Gasteiger partial charge in [0.2, 0.25) is 0 Å². The van der Waals surface area contributed by atoms with E-state index in [1.54, 1.807) is 25.3 Å². The summed E-state index contributed by atoms with van der Waals surface area (Å²) < 4.78 is 46.1. The predicted octanol–water partition coefficient (Wildman–Crippen LogP) is 5.79. The second-order valence-corrected chi connectivity index (χ2v) is 6.57. The number of fused-ring (bicyclic) bond motifs is 3. The Hall–Kier alpha value is -3.12. The van der Waals surface area contributed by atoms with Gasteiger partial charge in [0.05, 0.1) is 11.8 Å². The standard InChI is InChI=1S/C22H16F3NO2/c1-28-22-11-21(27)14-7-6-12(8-16(14)13-4-2-3-5-15(13)22)26-20-10-18(24)17(23)9-19(20)25/h2-10,22,26H,11H2,1H3. The average Bonchev–Trinajstić information content (AvgIpc) is 2.81. The Balaban J connectivity index is 1.81. The molecule has 1 unspecified atom stereocenters. The van der Waals surface area contributed by atoms with E-state index >= 15 is 0 Å². The summed E-state index contributed by atoms with van der Waals surface area (Å²) in [5, 5.41) is 2.76. The van der Waals surface area contributed by atoms with Gasteiger partial charge in [0.25, 0.3) is 0 Å². The quantitative estimate of drug-likeness (QED) is 0.582. The Kier molecular flexibility index (Phi) is 4.65. The van der Waals surface area contributed by atoms with Crippen LogP contribution < -0.4 is 5.32 Å². The summed E-state index contributed by atoms with van der Waals surface area (Å²) in [7, 11) is 1.56. The van der Waals surface area contributed by atoms with Crippen LogP contribution in [0.2, 0.25) is 0 Å². The van der Waals surface area contributed by atoms with Crippen molar-refractivity contribution in [1.82, 2.24) is 0 Å². The molecular weight excluding hydrogens is 367 g/mol. The second kappa shape index (κ2) is 7.13. The van der Waals surface area contributed by atoms with Gasteiger partial charge in [-0.1, -0.05) is 24.3 Å². The summed E-state index contributed by atoms with van der Waals surface area (Å²) in [6.45, 7) is 0. The van der Waals surface area contributed by atoms with E-state index in [2.05, 4.69) is 5.32 Å². The fourth-order valence-electron chi connectivity index (χ4n) is 3.48. The van der Waals surface area contributed by atoms with Gasteiger partial charge in [0.1, 0.15) is 5.82 Å². The lowest BCUT2D eigenvalue weighted by atomic mass is 9.95. The number of hydrogen-bond acceptors (Lipinski definition) is 3. The molecule has 3 aromatic carbocycles. The second-order valence-electron chi connectivity index (χ2n) is 6.57. The highest BCUT2D eigenvalue weighted by Crippen LogP contribution is 2.40. The molecule has 0 spiro atoms. The molecule has 3 nitrogen and oxygen atoms in total. The van der Waals surface area contributed by atoms with Crippen LogP contribution in [0.25, 0.3) is 11.1 Å². The number of Topliss-reactive ketones (excluding diaryl/α,β-unsaturated/α-hetero) is 1. The molecule has 0 heterocycles. The number of hydrogen-bond donors (Lipinski definition) is 1. The zero-order valence-corrected chi connectivity index (χ0v) is 14.9. The number of ether oxygens (including phenoxy) is 1. The number of carbonyl (C=O) groups is 1. The minimum absolute atomic E-state index is 0.0661. The van der Waals surface area contributed by atoms with Crippen molar-refractivity contribution in [3.63, 3.8) is 0 Å². The molecule has 1 atom stereocenters. The molecule has 0 amide bonds. The third kappa shape index (κ3) is 3.16. The molecule has 6 heteroatoms. The van der Waals surface area contributed by atoms with Crippen molar-refractivity contribution >= 4 is 17.2 Å². The molecule has 0 saturated heterocycles. The van der Waals surface area contributed by atoms with Crippen molar-refractivity contribution in [2.24, 2.45) is 0 Å². The maximum absolute atomic E-state index is 14.0. The van der Waals surface area contributed by atoms with Crippen molar-refractivity contribution < 1.29 is 22.7 Å². The summed E-state index contributed by atoms with van der Waals surface area (Å²) in [5.41, 5.74) is 3.18. The number of benzene rings is 3. The van der Waals surface area contributed by atoms with Gasteiger partial charge in [-0.05, 0) is 34.9 Å². The lowest BCUT2D eigenvalue weighted by Crippen LogP contribution is -2.07. The SMILES string of the molecule is COC1CC(=O)c2ccc(Nc3cc(F)c(F)cc3F)cc2-c2ccccc21. The summed E-state index contributed by atoms with van der Waals surface area (Å²) in [4.78, 5) is 12.7. The van der Waals surface area contributed by atoms with Crippen LogP contribution >= 0.6 is 0 Å². The van der Waals surface area contributed by atoms with Crippen LogP contribution in [0.4, 0.5) is 24.5 Å². The van der Waals surface area contributed by atoms with Crippen LogP contribution in [-0.2, 0) is 4.74 Å². The van der Waals surface area contributed by atoms with Crippen LogP contribution in [0, 0.1) is 17.5 Å². The van der Waals surface area contributed by atoms with E-state index in [1.807, 2.05) is 24.3 Å². The van der Waals surface area contributed by atoms with E-state index in [0.717, 1.165) is 17.2 Å². The molecule has 0 fully saturated rings. The van der Waals surface area contributed by atoms with E-state index < -0.39 is 17.5 Å². The number of carbonyl (C=O) groups excluding carboxylic acids is 1. The Morgan fingerprint density at radius 2 is 1.64 bits per heavy atom. The molecule has 0 aliphatic heterocycles. The highest BCUT2D eigenvalue weighted by molar-refractivity contribution is 6.05. The Labute approximate surface area is 159 Å². The van der Waals surface area contributed by atoms with Crippen molar-refractivity contribution in [3.8, 4) is 11.1 Å². The highest BCUT2D eigenvalue weighted by atomic mass is 19.2. The molecule has 1 N–H and O–H groups in total. The Bertz CT molecular complexity index is 1080. The molecule has 28 heavy (non-hydrogen) atoms. The fraction of sp³-hybridized carbons (Fsp3) is 0.136. The normalized spacial score (nSPS) is 15.6. The Morgan fingerprint density at radius 3 is 2.43 bits per heavy atom. The minimum atomic E-state index is -1.25. The van der Waals surface area contributed by atoms with Gasteiger partial charge in [-0.15, -0.1) is 0 Å². The highest BCUT2D eigenvalue weighted by Gasteiger charge is 2.27. The van der Waals surface area contributed by atoms with Crippen molar-refractivity contribution in [2.45, 2.75) is 12.5 Å². The zero-order valence-electron chi connectivity index (χ0n) is 14.9. The molecule has 0 bridgehead atoms. The van der Waals surface area contributed by atoms with Gasteiger partial charge in [-0.25, -0.2) is 13.2 Å². The monoisotopic (exact) mass is 383 g/mol. The minimum Gasteiger partial charge on any atom is -0.376 e. The van der Waals surface area contributed by atoms with Gasteiger partial charge in [-0.2, -0.15) is 0 Å². The Morgan fingerprint density at radius 1 is 0.893 bits per heavy atom. The molecule has 0 saturated carbocycles. The van der Waals surface area contributed by atoms with Gasteiger partial charge in [0.15, 0.2) is 17.4 Å². The third-order valence-corrected chi connectivity index (χ3v) is 4.86. The van der Waals surface area contributed by atoms with E-state index in [1.165, 1.54) is 0 Å². The van der Waals surface area contributed by atoms with Crippen molar-refractivity contribution in [2.75, 3.05) is 12.4 Å². The third-order valence-electron chi connectivity index (χ3n) is 4.86. The van der Waals surface area contributed by atoms with Gasteiger partial charge in [-0.3, -0.25) is 4.79 Å². The lowest BCUT2D eigenvalue weighted by molar-refractivity contribution is 0.0739. The maximum Gasteiger partial charge on any atom is 0.166 e. The molecular formula is C22H16F3NO2. The molecule has 142 valence electrons. The first kappa shape index (κ1) is 18.3. The molecule has 0 aromatic heterocycles. The zero-order chi connectivity index (χ0) is 19.8. The summed E-state index contributed by atoms with van der Waals surface area (Å²) >= 11 is 0. The number of halogens is 3. The molecule has 1 aliphatic rings. The number of nitrogens with one attached hydrogen (secondary N) is 1. The van der Waals surface area contributed by atoms with Crippen molar-refractivity contribution in [1.29, 1.82) is 0 Å². The molecule has 3 aromatic rings. The molecule has 0 radical (unpaired) electrons. The summed E-state index contributed by atoms with van der Waals surface area (Å²) in [6, 6.07) is 13.7. The number of methoxy groups -OCH3 is 1. The van der Waals surface area contributed by atoms with Crippen LogP contribution in [0.5, 0.6) is 0 Å². The average molecular weight is 383 g/mol.